The van der Waals surface area contributed by atoms with E-state index in [1.54, 1.807) is 18.7 Å². The van der Waals surface area contributed by atoms with Gasteiger partial charge in [-0.2, -0.15) is 0 Å². The second-order valence-corrected chi connectivity index (χ2v) is 9.01. The Labute approximate surface area is 205 Å². The first kappa shape index (κ1) is 22.8. The molecule has 1 atom stereocenters. The minimum absolute atomic E-state index is 0.420. The van der Waals surface area contributed by atoms with E-state index in [9.17, 15) is 0 Å². The highest BCUT2D eigenvalue weighted by Gasteiger charge is 2.23. The summed E-state index contributed by atoms with van der Waals surface area (Å²) in [4.78, 5) is 20.4. The molecule has 1 aliphatic rings. The van der Waals surface area contributed by atoms with Crippen LogP contribution in [0.5, 0.6) is 17.2 Å². The van der Waals surface area contributed by atoms with Crippen LogP contribution in [0.1, 0.15) is 32.3 Å². The van der Waals surface area contributed by atoms with Crippen LogP contribution in [0.3, 0.4) is 0 Å². The minimum atomic E-state index is 0.420. The largest absolute Gasteiger partial charge is 0.489 e. The summed E-state index contributed by atoms with van der Waals surface area (Å²) in [7, 11) is 0. The van der Waals surface area contributed by atoms with Crippen LogP contribution >= 0.6 is 0 Å². The number of anilines is 3. The van der Waals surface area contributed by atoms with Crippen molar-refractivity contribution in [3.05, 3.63) is 60.7 Å². The zero-order valence-corrected chi connectivity index (χ0v) is 20.4. The predicted molar refractivity (Wildman–Crippen MR) is 138 cm³/mol. The number of nitrogens with zero attached hydrogens (tertiary/aromatic N) is 5. The van der Waals surface area contributed by atoms with Crippen molar-refractivity contribution in [2.24, 2.45) is 5.92 Å². The topological polar surface area (TPSA) is 85.3 Å². The molecule has 4 heterocycles. The van der Waals surface area contributed by atoms with Crippen LogP contribution in [0.2, 0.25) is 0 Å². The van der Waals surface area contributed by atoms with Gasteiger partial charge in [0.05, 0.1) is 18.3 Å². The van der Waals surface area contributed by atoms with Gasteiger partial charge in [0.2, 0.25) is 0 Å². The van der Waals surface area contributed by atoms with Gasteiger partial charge < -0.3 is 19.7 Å². The maximum absolute atomic E-state index is 6.11. The summed E-state index contributed by atoms with van der Waals surface area (Å²) in [5, 5.41) is 3.43. The van der Waals surface area contributed by atoms with Gasteiger partial charge in [-0.05, 0) is 49.2 Å². The fourth-order valence-corrected chi connectivity index (χ4v) is 4.19. The Balaban J connectivity index is 1.45. The summed E-state index contributed by atoms with van der Waals surface area (Å²) in [6.07, 6.45) is 7.21. The lowest BCUT2D eigenvalue weighted by Crippen LogP contribution is -2.30. The lowest BCUT2D eigenvalue weighted by Gasteiger charge is -2.24. The summed E-state index contributed by atoms with van der Waals surface area (Å²) in [6.45, 7) is 8.96. The van der Waals surface area contributed by atoms with Gasteiger partial charge in [-0.25, -0.2) is 15.0 Å². The Morgan fingerprint density at radius 1 is 1.20 bits per heavy atom. The molecular weight excluding hydrogens is 440 g/mol. The quantitative estimate of drug-likeness (QED) is 0.357. The molecule has 5 rings (SSSR count). The number of fused-ring (bicyclic) bond motifs is 2. The van der Waals surface area contributed by atoms with Crippen molar-refractivity contribution in [2.75, 3.05) is 29.9 Å². The number of hydrogen-bond acceptors (Lipinski definition) is 8. The Bertz CT molecular complexity index is 1310. The Hall–Kier alpha value is -3.94. The normalized spacial score (nSPS) is 15.3. The molecule has 0 fully saturated rings. The van der Waals surface area contributed by atoms with E-state index in [-0.39, 0.29) is 0 Å². The van der Waals surface area contributed by atoms with Gasteiger partial charge >= 0.3 is 0 Å². The first-order valence-corrected chi connectivity index (χ1v) is 12.1. The van der Waals surface area contributed by atoms with Crippen molar-refractivity contribution in [2.45, 2.75) is 33.6 Å². The molecule has 35 heavy (non-hydrogen) atoms. The van der Waals surface area contributed by atoms with Crippen LogP contribution in [0.4, 0.5) is 17.3 Å². The summed E-state index contributed by atoms with van der Waals surface area (Å²) < 4.78 is 12.1. The summed E-state index contributed by atoms with van der Waals surface area (Å²) in [5.41, 5.74) is 3.36. The van der Waals surface area contributed by atoms with Crippen molar-refractivity contribution in [3.63, 3.8) is 0 Å². The number of aryl methyl sites for hydroxylation is 1. The number of benzene rings is 1. The van der Waals surface area contributed by atoms with Crippen LogP contribution < -0.4 is 19.7 Å². The van der Waals surface area contributed by atoms with Gasteiger partial charge in [0.1, 0.15) is 23.3 Å². The number of rotatable bonds is 7. The molecule has 1 aromatic carbocycles. The van der Waals surface area contributed by atoms with Gasteiger partial charge in [0.25, 0.3) is 0 Å². The number of pyridine rings is 2. The first-order valence-electron chi connectivity index (χ1n) is 12.1. The third-order valence-corrected chi connectivity index (χ3v) is 5.99. The number of nitrogens with one attached hydrogen (secondary N) is 1. The minimum Gasteiger partial charge on any atom is -0.489 e. The second-order valence-electron chi connectivity index (χ2n) is 9.01. The molecule has 0 spiro atoms. The molecule has 0 aliphatic carbocycles. The summed E-state index contributed by atoms with van der Waals surface area (Å²) >= 11 is 0. The van der Waals surface area contributed by atoms with E-state index in [1.165, 1.54) is 0 Å². The van der Waals surface area contributed by atoms with Crippen LogP contribution in [-0.2, 0) is 0 Å². The fraction of sp³-hybridized carbons (Fsp3) is 0.333. The van der Waals surface area contributed by atoms with Gasteiger partial charge in [-0.3, -0.25) is 4.98 Å². The maximum Gasteiger partial charge on any atom is 0.172 e. The average Bonchev–Trinajstić information content (AvgIpc) is 3.02. The zero-order valence-electron chi connectivity index (χ0n) is 20.4. The van der Waals surface area contributed by atoms with Crippen molar-refractivity contribution in [1.82, 2.24) is 19.9 Å². The Morgan fingerprint density at radius 2 is 2.11 bits per heavy atom. The standard InChI is InChI=1S/C27H30N6O2/c1-4-5-11-33-15-18(2)16-34-24-13-22-25(32-27(24)33)26(30-17-29-22)31-20-8-9-23(19(3)12-20)35-21-7-6-10-28-14-21/h6-10,12-14,17-18H,4-5,11,15-16H2,1-3H3,(H,29,30,31). The van der Waals surface area contributed by atoms with Crippen molar-refractivity contribution >= 4 is 28.4 Å². The monoisotopic (exact) mass is 470 g/mol. The van der Waals surface area contributed by atoms with Crippen LogP contribution in [-0.4, -0.2) is 39.6 Å². The molecule has 0 bridgehead atoms. The Morgan fingerprint density at radius 3 is 2.91 bits per heavy atom. The number of aromatic nitrogens is 4. The molecular formula is C27H30N6O2. The van der Waals surface area contributed by atoms with Crippen molar-refractivity contribution in [1.29, 1.82) is 0 Å². The first-order chi connectivity index (χ1) is 17.1. The van der Waals surface area contributed by atoms with Gasteiger partial charge in [0.15, 0.2) is 17.4 Å². The molecule has 0 radical (unpaired) electrons. The predicted octanol–water partition coefficient (Wildman–Crippen LogP) is 5.90. The van der Waals surface area contributed by atoms with Gasteiger partial charge in [0, 0.05) is 37.0 Å². The van der Waals surface area contributed by atoms with E-state index in [4.69, 9.17) is 14.5 Å². The highest BCUT2D eigenvalue weighted by molar-refractivity contribution is 5.90. The molecule has 1 unspecified atom stereocenters. The van der Waals surface area contributed by atoms with Crippen molar-refractivity contribution < 1.29 is 9.47 Å². The molecule has 1 N–H and O–H groups in total. The van der Waals surface area contributed by atoms with Crippen LogP contribution in [0, 0.1) is 12.8 Å². The molecule has 0 amide bonds. The van der Waals surface area contributed by atoms with E-state index in [0.717, 1.165) is 65.5 Å². The number of unbranched alkanes of at least 4 members (excludes halogenated alkanes) is 1. The number of ether oxygens (including phenoxy) is 2. The van der Waals surface area contributed by atoms with Gasteiger partial charge in [-0.15, -0.1) is 0 Å². The van der Waals surface area contributed by atoms with E-state index in [1.807, 2.05) is 43.3 Å². The zero-order chi connectivity index (χ0) is 24.2. The average molecular weight is 471 g/mol. The second kappa shape index (κ2) is 10.1. The van der Waals surface area contributed by atoms with Gasteiger partial charge in [-0.1, -0.05) is 20.3 Å². The summed E-state index contributed by atoms with van der Waals surface area (Å²) in [5.74, 6) is 4.21. The molecule has 8 heteroatoms. The summed E-state index contributed by atoms with van der Waals surface area (Å²) in [6, 6.07) is 11.7. The molecule has 180 valence electrons. The smallest absolute Gasteiger partial charge is 0.172 e. The SMILES string of the molecule is CCCCN1CC(C)COc2cc3ncnc(Nc4ccc(Oc5cccnc5)c(C)c4)c3nc21. The molecule has 8 nitrogen and oxygen atoms in total. The van der Waals surface area contributed by atoms with Crippen LogP contribution in [0.25, 0.3) is 11.0 Å². The Kier molecular flexibility index (Phi) is 6.61. The molecule has 1 aliphatic heterocycles. The van der Waals surface area contributed by atoms with E-state index < -0.39 is 0 Å². The number of hydrogen-bond donors (Lipinski definition) is 1. The molecule has 4 aromatic rings. The molecule has 0 saturated heterocycles. The molecule has 0 saturated carbocycles. The van der Waals surface area contributed by atoms with E-state index >= 15 is 0 Å². The van der Waals surface area contributed by atoms with E-state index in [2.05, 4.69) is 39.0 Å². The highest BCUT2D eigenvalue weighted by Crippen LogP contribution is 2.35. The van der Waals surface area contributed by atoms with E-state index in [0.29, 0.717) is 24.1 Å². The van der Waals surface area contributed by atoms with Crippen LogP contribution in [0.15, 0.2) is 55.1 Å². The lowest BCUT2D eigenvalue weighted by molar-refractivity contribution is 0.273. The highest BCUT2D eigenvalue weighted by atomic mass is 16.5. The third-order valence-electron chi connectivity index (χ3n) is 5.99. The molecule has 3 aromatic heterocycles. The third kappa shape index (κ3) is 5.11. The lowest BCUT2D eigenvalue weighted by atomic mass is 10.2. The fourth-order valence-electron chi connectivity index (χ4n) is 4.19. The maximum atomic E-state index is 6.11. The van der Waals surface area contributed by atoms with Crippen molar-refractivity contribution in [3.8, 4) is 17.2 Å².